The maximum absolute atomic E-state index is 10.9. The van der Waals surface area contributed by atoms with Crippen LogP contribution >= 0.6 is 11.6 Å². The number of rotatable bonds is 2. The highest BCUT2D eigenvalue weighted by Crippen LogP contribution is 2.32. The topological polar surface area (TPSA) is 55.4 Å². The highest BCUT2D eigenvalue weighted by atomic mass is 35.5. The van der Waals surface area contributed by atoms with E-state index in [1.807, 2.05) is 13.0 Å². The van der Waals surface area contributed by atoms with Crippen LogP contribution in [0, 0.1) is 6.92 Å². The van der Waals surface area contributed by atoms with E-state index in [-0.39, 0.29) is 6.29 Å². The lowest BCUT2D eigenvalue weighted by atomic mass is 10.0. The molecule has 0 spiro atoms. The number of nitrogens with one attached hydrogen (secondary N) is 1. The Bertz CT molecular complexity index is 523. The number of amides is 1. The van der Waals surface area contributed by atoms with Gasteiger partial charge in [-0.2, -0.15) is 0 Å². The van der Waals surface area contributed by atoms with Crippen molar-refractivity contribution in [1.29, 1.82) is 0 Å². The SMILES string of the molecule is Cc1cc(Cl)cc2c1OC=C(NC(=O)C=O)C2. The molecule has 1 aromatic rings. The summed E-state index contributed by atoms with van der Waals surface area (Å²) >= 11 is 5.94. The zero-order valence-corrected chi connectivity index (χ0v) is 9.88. The summed E-state index contributed by atoms with van der Waals surface area (Å²) in [6.07, 6.45) is 2.14. The third-order valence-corrected chi connectivity index (χ3v) is 2.63. The standard InChI is InChI=1S/C12H10ClNO3/c1-7-2-9(13)3-8-4-10(6-17-12(7)8)14-11(16)5-15/h2-3,5-6H,4H2,1H3,(H,14,16). The van der Waals surface area contributed by atoms with E-state index in [9.17, 15) is 9.59 Å². The van der Waals surface area contributed by atoms with E-state index in [1.165, 1.54) is 6.26 Å². The van der Waals surface area contributed by atoms with Gasteiger partial charge in [-0.1, -0.05) is 11.6 Å². The third kappa shape index (κ3) is 2.47. The van der Waals surface area contributed by atoms with Crippen LogP contribution in [0.4, 0.5) is 0 Å². The van der Waals surface area contributed by atoms with Crippen molar-refractivity contribution < 1.29 is 14.3 Å². The van der Waals surface area contributed by atoms with Crippen LogP contribution in [-0.4, -0.2) is 12.2 Å². The number of ether oxygens (including phenoxy) is 1. The number of aryl methyl sites for hydroxylation is 1. The minimum Gasteiger partial charge on any atom is -0.463 e. The molecule has 17 heavy (non-hydrogen) atoms. The molecule has 0 aromatic heterocycles. The number of aldehydes is 1. The fraction of sp³-hybridized carbons (Fsp3) is 0.167. The Balaban J connectivity index is 2.24. The van der Waals surface area contributed by atoms with Gasteiger partial charge in [-0.15, -0.1) is 0 Å². The van der Waals surface area contributed by atoms with E-state index in [4.69, 9.17) is 16.3 Å². The highest BCUT2D eigenvalue weighted by molar-refractivity contribution is 6.30. The summed E-state index contributed by atoms with van der Waals surface area (Å²) in [6.45, 7) is 1.90. The summed E-state index contributed by atoms with van der Waals surface area (Å²) in [7, 11) is 0. The van der Waals surface area contributed by atoms with Crippen molar-refractivity contribution >= 4 is 23.8 Å². The number of fused-ring (bicyclic) bond motifs is 1. The Morgan fingerprint density at radius 3 is 3.00 bits per heavy atom. The van der Waals surface area contributed by atoms with Crippen LogP contribution in [0.5, 0.6) is 5.75 Å². The van der Waals surface area contributed by atoms with Crippen LogP contribution in [0.15, 0.2) is 24.1 Å². The molecule has 1 aromatic carbocycles. The van der Waals surface area contributed by atoms with Gasteiger partial charge in [0.25, 0.3) is 5.91 Å². The summed E-state index contributed by atoms with van der Waals surface area (Å²) in [4.78, 5) is 21.2. The molecule has 0 bridgehead atoms. The molecule has 1 aliphatic heterocycles. The van der Waals surface area contributed by atoms with Gasteiger partial charge in [0.05, 0.1) is 5.70 Å². The Morgan fingerprint density at radius 2 is 2.29 bits per heavy atom. The summed E-state index contributed by atoms with van der Waals surface area (Å²) < 4.78 is 5.42. The average Bonchev–Trinajstić information content (AvgIpc) is 2.28. The molecule has 5 heteroatoms. The van der Waals surface area contributed by atoms with Gasteiger partial charge in [-0.3, -0.25) is 9.59 Å². The van der Waals surface area contributed by atoms with Crippen molar-refractivity contribution in [3.63, 3.8) is 0 Å². The summed E-state index contributed by atoms with van der Waals surface area (Å²) in [5, 5.41) is 3.05. The number of carbonyl (C=O) groups excluding carboxylic acids is 2. The molecule has 2 rings (SSSR count). The van der Waals surface area contributed by atoms with Gasteiger partial charge in [0.1, 0.15) is 12.0 Å². The second-order valence-electron chi connectivity index (χ2n) is 3.76. The maximum Gasteiger partial charge on any atom is 0.288 e. The maximum atomic E-state index is 10.9. The molecule has 0 atom stereocenters. The van der Waals surface area contributed by atoms with Gasteiger partial charge in [-0.25, -0.2) is 0 Å². The normalized spacial score (nSPS) is 13.2. The molecular formula is C12H10ClNO3. The van der Waals surface area contributed by atoms with Gasteiger partial charge in [0, 0.05) is 17.0 Å². The number of halogens is 1. The lowest BCUT2D eigenvalue weighted by molar-refractivity contribution is -0.130. The smallest absolute Gasteiger partial charge is 0.288 e. The first-order valence-electron chi connectivity index (χ1n) is 5.01. The van der Waals surface area contributed by atoms with Crippen molar-refractivity contribution in [3.8, 4) is 5.75 Å². The molecule has 0 saturated carbocycles. The van der Waals surface area contributed by atoms with Crippen LogP contribution in [-0.2, 0) is 16.0 Å². The molecule has 0 fully saturated rings. The molecular weight excluding hydrogens is 242 g/mol. The first-order valence-corrected chi connectivity index (χ1v) is 5.39. The van der Waals surface area contributed by atoms with Crippen LogP contribution in [0.3, 0.4) is 0 Å². The van der Waals surface area contributed by atoms with Gasteiger partial charge < -0.3 is 10.1 Å². The molecule has 0 saturated heterocycles. The minimum atomic E-state index is -0.693. The summed E-state index contributed by atoms with van der Waals surface area (Å²) in [5.74, 6) is 0.0561. The zero-order chi connectivity index (χ0) is 12.4. The van der Waals surface area contributed by atoms with Gasteiger partial charge in [0.15, 0.2) is 0 Å². The van der Waals surface area contributed by atoms with E-state index >= 15 is 0 Å². The molecule has 1 heterocycles. The molecule has 1 amide bonds. The number of hydrogen-bond acceptors (Lipinski definition) is 3. The Kier molecular flexibility index (Phi) is 3.15. The Morgan fingerprint density at radius 1 is 1.53 bits per heavy atom. The van der Waals surface area contributed by atoms with E-state index in [1.54, 1.807) is 6.07 Å². The molecule has 1 N–H and O–H groups in total. The summed E-state index contributed by atoms with van der Waals surface area (Å²) in [6, 6.07) is 3.59. The minimum absolute atomic E-state index is 0.222. The highest BCUT2D eigenvalue weighted by Gasteiger charge is 2.16. The van der Waals surface area contributed by atoms with Crippen molar-refractivity contribution in [3.05, 3.63) is 40.2 Å². The van der Waals surface area contributed by atoms with E-state index in [0.717, 1.165) is 16.9 Å². The quantitative estimate of drug-likeness (QED) is 0.643. The molecule has 0 aliphatic carbocycles. The zero-order valence-electron chi connectivity index (χ0n) is 9.12. The lowest BCUT2D eigenvalue weighted by Gasteiger charge is -2.19. The molecule has 0 radical (unpaired) electrons. The van der Waals surface area contributed by atoms with E-state index in [2.05, 4.69) is 5.32 Å². The van der Waals surface area contributed by atoms with Crippen LogP contribution < -0.4 is 10.1 Å². The third-order valence-electron chi connectivity index (χ3n) is 2.41. The Labute approximate surface area is 103 Å². The molecule has 88 valence electrons. The predicted molar refractivity (Wildman–Crippen MR) is 62.8 cm³/mol. The van der Waals surface area contributed by atoms with E-state index in [0.29, 0.717) is 17.1 Å². The first kappa shape index (κ1) is 11.7. The predicted octanol–water partition coefficient (Wildman–Crippen LogP) is 1.74. The number of allylic oxidation sites excluding steroid dienone is 1. The number of benzene rings is 1. The first-order chi connectivity index (χ1) is 8.10. The van der Waals surface area contributed by atoms with Crippen molar-refractivity contribution in [1.82, 2.24) is 5.32 Å². The monoisotopic (exact) mass is 251 g/mol. The second-order valence-corrected chi connectivity index (χ2v) is 4.19. The van der Waals surface area contributed by atoms with Crippen molar-refractivity contribution in [2.45, 2.75) is 13.3 Å². The van der Waals surface area contributed by atoms with Crippen molar-refractivity contribution in [2.75, 3.05) is 0 Å². The van der Waals surface area contributed by atoms with Crippen LogP contribution in [0.25, 0.3) is 0 Å². The fourth-order valence-corrected chi connectivity index (χ4v) is 2.03. The van der Waals surface area contributed by atoms with Gasteiger partial charge >= 0.3 is 0 Å². The molecule has 4 nitrogen and oxygen atoms in total. The number of carbonyl (C=O) groups is 2. The number of hydrogen-bond donors (Lipinski definition) is 1. The molecule has 0 unspecified atom stereocenters. The summed E-state index contributed by atoms with van der Waals surface area (Å²) in [5.41, 5.74) is 2.36. The molecule has 1 aliphatic rings. The van der Waals surface area contributed by atoms with Crippen LogP contribution in [0.2, 0.25) is 5.02 Å². The van der Waals surface area contributed by atoms with Crippen LogP contribution in [0.1, 0.15) is 11.1 Å². The lowest BCUT2D eigenvalue weighted by Crippen LogP contribution is -2.26. The largest absolute Gasteiger partial charge is 0.463 e. The Hall–Kier alpha value is -1.81. The van der Waals surface area contributed by atoms with Crippen molar-refractivity contribution in [2.24, 2.45) is 0 Å². The fourth-order valence-electron chi connectivity index (χ4n) is 1.74. The van der Waals surface area contributed by atoms with Gasteiger partial charge in [0.2, 0.25) is 6.29 Å². The van der Waals surface area contributed by atoms with Gasteiger partial charge in [-0.05, 0) is 24.6 Å². The second kappa shape index (κ2) is 4.59. The average molecular weight is 252 g/mol. The van der Waals surface area contributed by atoms with E-state index < -0.39 is 5.91 Å².